The Labute approximate surface area is 82.5 Å². The number of hydrogen-bond donors (Lipinski definition) is 0. The van der Waals surface area contributed by atoms with Crippen molar-refractivity contribution in [1.29, 1.82) is 0 Å². The summed E-state index contributed by atoms with van der Waals surface area (Å²) in [6, 6.07) is 0.887. The van der Waals surface area contributed by atoms with Gasteiger partial charge in [-0.15, -0.1) is 0 Å². The predicted molar refractivity (Wildman–Crippen MR) is 56.8 cm³/mol. The van der Waals surface area contributed by atoms with Crippen molar-refractivity contribution in [2.24, 2.45) is 5.41 Å². The van der Waals surface area contributed by atoms with Crippen LogP contribution in [0.3, 0.4) is 0 Å². The van der Waals surface area contributed by atoms with E-state index in [4.69, 9.17) is 0 Å². The highest BCUT2D eigenvalue weighted by atomic mass is 15.2. The molecule has 1 saturated heterocycles. The summed E-state index contributed by atoms with van der Waals surface area (Å²) in [5.41, 5.74) is 0.744. The molecular formula is C12H23N. The molecule has 1 saturated carbocycles. The normalized spacial score (nSPS) is 34.2. The third-order valence-electron chi connectivity index (χ3n) is 4.26. The van der Waals surface area contributed by atoms with Crippen molar-refractivity contribution in [3.63, 3.8) is 0 Å². The fraction of sp³-hybridized carbons (Fsp3) is 1.00. The monoisotopic (exact) mass is 181 g/mol. The fourth-order valence-electron chi connectivity index (χ4n) is 3.50. The van der Waals surface area contributed by atoms with Gasteiger partial charge in [-0.3, -0.25) is 0 Å². The van der Waals surface area contributed by atoms with E-state index < -0.39 is 0 Å². The molecule has 1 nitrogen and oxygen atoms in total. The highest BCUT2D eigenvalue weighted by molar-refractivity contribution is 4.95. The van der Waals surface area contributed by atoms with E-state index in [1.54, 1.807) is 0 Å². The van der Waals surface area contributed by atoms with Gasteiger partial charge in [-0.1, -0.05) is 26.2 Å². The van der Waals surface area contributed by atoms with E-state index in [0.717, 1.165) is 11.5 Å². The summed E-state index contributed by atoms with van der Waals surface area (Å²) in [4.78, 5) is 2.60. The number of likely N-dealkylation sites (tertiary alicyclic amines) is 1. The first kappa shape index (κ1) is 9.51. The van der Waals surface area contributed by atoms with Gasteiger partial charge in [0.05, 0.1) is 0 Å². The Morgan fingerprint density at radius 1 is 1.23 bits per heavy atom. The average molecular weight is 181 g/mol. The first-order valence-corrected chi connectivity index (χ1v) is 5.96. The van der Waals surface area contributed by atoms with E-state index in [1.165, 1.54) is 51.5 Å². The van der Waals surface area contributed by atoms with E-state index >= 15 is 0 Å². The van der Waals surface area contributed by atoms with Gasteiger partial charge < -0.3 is 4.90 Å². The third kappa shape index (κ3) is 1.76. The SMILES string of the molecule is CCC1CC2(CCCCC2)CN1C. The van der Waals surface area contributed by atoms with Crippen LogP contribution in [0.5, 0.6) is 0 Å². The maximum Gasteiger partial charge on any atom is 0.00955 e. The molecule has 1 heteroatoms. The largest absolute Gasteiger partial charge is 0.303 e. The van der Waals surface area contributed by atoms with Gasteiger partial charge in [-0.25, -0.2) is 0 Å². The molecule has 0 amide bonds. The Morgan fingerprint density at radius 3 is 2.46 bits per heavy atom. The maximum absolute atomic E-state index is 2.60. The van der Waals surface area contributed by atoms with E-state index in [9.17, 15) is 0 Å². The molecule has 76 valence electrons. The Kier molecular flexibility index (Phi) is 2.64. The molecule has 1 atom stereocenters. The molecule has 1 heterocycles. The zero-order chi connectivity index (χ0) is 9.31. The highest BCUT2D eigenvalue weighted by Crippen LogP contribution is 2.46. The Morgan fingerprint density at radius 2 is 1.92 bits per heavy atom. The number of rotatable bonds is 1. The summed E-state index contributed by atoms with van der Waals surface area (Å²) in [6.07, 6.45) is 10.3. The minimum absolute atomic E-state index is 0.744. The van der Waals surface area contributed by atoms with Crippen LogP contribution in [0.1, 0.15) is 51.9 Å². The van der Waals surface area contributed by atoms with Crippen LogP contribution in [-0.4, -0.2) is 24.5 Å². The number of nitrogens with zero attached hydrogens (tertiary/aromatic N) is 1. The summed E-state index contributed by atoms with van der Waals surface area (Å²) in [6.45, 7) is 3.72. The van der Waals surface area contributed by atoms with Crippen LogP contribution in [0, 0.1) is 5.41 Å². The third-order valence-corrected chi connectivity index (χ3v) is 4.26. The molecule has 0 radical (unpaired) electrons. The van der Waals surface area contributed by atoms with Gasteiger partial charge in [0, 0.05) is 12.6 Å². The molecule has 1 spiro atoms. The molecule has 2 fully saturated rings. The maximum atomic E-state index is 2.60. The Bertz CT molecular complexity index is 170. The first-order chi connectivity index (χ1) is 6.26. The van der Waals surface area contributed by atoms with Gasteiger partial charge in [-0.2, -0.15) is 0 Å². The molecule has 2 aliphatic rings. The highest BCUT2D eigenvalue weighted by Gasteiger charge is 2.41. The van der Waals surface area contributed by atoms with Crippen LogP contribution in [-0.2, 0) is 0 Å². The van der Waals surface area contributed by atoms with Crippen LogP contribution < -0.4 is 0 Å². The molecule has 0 N–H and O–H groups in total. The second-order valence-corrected chi connectivity index (χ2v) is 5.24. The topological polar surface area (TPSA) is 3.24 Å². The predicted octanol–water partition coefficient (Wildman–Crippen LogP) is 3.05. The molecular weight excluding hydrogens is 158 g/mol. The van der Waals surface area contributed by atoms with Gasteiger partial charge in [0.25, 0.3) is 0 Å². The van der Waals surface area contributed by atoms with E-state index in [2.05, 4.69) is 18.9 Å². The second kappa shape index (κ2) is 3.61. The van der Waals surface area contributed by atoms with Gasteiger partial charge in [0.2, 0.25) is 0 Å². The van der Waals surface area contributed by atoms with Gasteiger partial charge in [-0.05, 0) is 38.1 Å². The van der Waals surface area contributed by atoms with Crippen molar-refractivity contribution in [1.82, 2.24) is 4.90 Å². The Balaban J connectivity index is 2.01. The quantitative estimate of drug-likeness (QED) is 0.601. The van der Waals surface area contributed by atoms with Crippen molar-refractivity contribution in [3.05, 3.63) is 0 Å². The first-order valence-electron chi connectivity index (χ1n) is 5.96. The summed E-state index contributed by atoms with van der Waals surface area (Å²) in [5, 5.41) is 0. The minimum Gasteiger partial charge on any atom is -0.303 e. The van der Waals surface area contributed by atoms with Crippen LogP contribution in [0.2, 0.25) is 0 Å². The van der Waals surface area contributed by atoms with Crippen molar-refractivity contribution < 1.29 is 0 Å². The summed E-state index contributed by atoms with van der Waals surface area (Å²) >= 11 is 0. The molecule has 0 aromatic heterocycles. The zero-order valence-electron chi connectivity index (χ0n) is 9.18. The summed E-state index contributed by atoms with van der Waals surface area (Å²) in [7, 11) is 2.32. The fourth-order valence-corrected chi connectivity index (χ4v) is 3.50. The van der Waals surface area contributed by atoms with Gasteiger partial charge in [0.15, 0.2) is 0 Å². The molecule has 1 aliphatic carbocycles. The molecule has 1 aliphatic heterocycles. The van der Waals surface area contributed by atoms with Gasteiger partial charge in [0.1, 0.15) is 0 Å². The van der Waals surface area contributed by atoms with Gasteiger partial charge >= 0.3 is 0 Å². The summed E-state index contributed by atoms with van der Waals surface area (Å²) in [5.74, 6) is 0. The van der Waals surface area contributed by atoms with Crippen LogP contribution in [0.25, 0.3) is 0 Å². The number of hydrogen-bond acceptors (Lipinski definition) is 1. The van der Waals surface area contributed by atoms with E-state index in [-0.39, 0.29) is 0 Å². The molecule has 1 unspecified atom stereocenters. The standard InChI is InChI=1S/C12H23N/c1-3-11-9-12(10-13(11)2)7-5-4-6-8-12/h11H,3-10H2,1-2H3. The second-order valence-electron chi connectivity index (χ2n) is 5.24. The molecule has 13 heavy (non-hydrogen) atoms. The lowest BCUT2D eigenvalue weighted by molar-refractivity contribution is 0.195. The molecule has 0 bridgehead atoms. The zero-order valence-corrected chi connectivity index (χ0v) is 9.18. The van der Waals surface area contributed by atoms with Crippen LogP contribution in [0.15, 0.2) is 0 Å². The lowest BCUT2D eigenvalue weighted by atomic mass is 9.72. The Hall–Kier alpha value is -0.0400. The lowest BCUT2D eigenvalue weighted by Gasteiger charge is -2.33. The van der Waals surface area contributed by atoms with Crippen molar-refractivity contribution >= 4 is 0 Å². The molecule has 0 aromatic carbocycles. The van der Waals surface area contributed by atoms with Crippen LogP contribution in [0.4, 0.5) is 0 Å². The minimum atomic E-state index is 0.744. The average Bonchev–Trinajstić information content (AvgIpc) is 2.44. The molecule has 2 rings (SSSR count). The summed E-state index contributed by atoms with van der Waals surface area (Å²) < 4.78 is 0. The van der Waals surface area contributed by atoms with Crippen molar-refractivity contribution in [3.8, 4) is 0 Å². The molecule has 0 aromatic rings. The van der Waals surface area contributed by atoms with Crippen LogP contribution >= 0.6 is 0 Å². The lowest BCUT2D eigenvalue weighted by Crippen LogP contribution is -2.28. The van der Waals surface area contributed by atoms with E-state index in [0.29, 0.717) is 0 Å². The smallest absolute Gasteiger partial charge is 0.00955 e. The van der Waals surface area contributed by atoms with Crippen molar-refractivity contribution in [2.75, 3.05) is 13.6 Å². The van der Waals surface area contributed by atoms with E-state index in [1.807, 2.05) is 0 Å². The van der Waals surface area contributed by atoms with Crippen molar-refractivity contribution in [2.45, 2.75) is 57.9 Å².